The zero-order valence-corrected chi connectivity index (χ0v) is 10.0. The van der Waals surface area contributed by atoms with E-state index in [4.69, 9.17) is 19.1 Å². The molecule has 0 aliphatic rings. The fourth-order valence-corrected chi connectivity index (χ4v) is 0. The van der Waals surface area contributed by atoms with E-state index in [2.05, 4.69) is 25.3 Å². The van der Waals surface area contributed by atoms with Crippen LogP contribution in [0.3, 0.4) is 0 Å². The normalized spacial score (nSPS) is 6.44. The molecular weight excluding hydrogens is 290 g/mol. The molecule has 0 atom stereocenters. The molecule has 0 spiro atoms. The molecule has 64 valence electrons. The molecule has 0 aliphatic heterocycles. The zero-order chi connectivity index (χ0) is 8.12. The molecule has 5 heteroatoms. The maximum absolute atomic E-state index is 4.81. The summed E-state index contributed by atoms with van der Waals surface area (Å²) < 4.78 is 0. The molecule has 0 N–H and O–H groups in total. The summed E-state index contributed by atoms with van der Waals surface area (Å²) >= 11 is 8.68. The van der Waals surface area contributed by atoms with Gasteiger partial charge in [0.05, 0.1) is 0 Å². The molecule has 0 saturated heterocycles. The van der Waals surface area contributed by atoms with Gasteiger partial charge in [-0.25, -0.2) is 0 Å². The van der Waals surface area contributed by atoms with E-state index in [1.165, 1.54) is 0 Å². The van der Waals surface area contributed by atoms with Gasteiger partial charge in [0.1, 0.15) is 0 Å². The molecule has 0 aromatic carbocycles. The van der Waals surface area contributed by atoms with Crippen LogP contribution in [-0.2, 0) is 41.2 Å². The molecule has 0 aromatic rings. The maximum atomic E-state index is 4.81. The van der Waals surface area contributed by atoms with Crippen molar-refractivity contribution >= 4 is 44.3 Å². The molecule has 0 amide bonds. The molecule has 0 saturated carbocycles. The first kappa shape index (κ1) is 17.1. The molecule has 0 aliphatic carbocycles. The van der Waals surface area contributed by atoms with Crippen molar-refractivity contribution in [2.75, 3.05) is 11.5 Å². The predicted molar refractivity (Wildman–Crippen MR) is 47.5 cm³/mol. The summed E-state index contributed by atoms with van der Waals surface area (Å²) in [5.41, 5.74) is 0. The monoisotopic (exact) mass is 298 g/mol. The summed E-state index contributed by atoms with van der Waals surface area (Å²) in [6.07, 6.45) is 0. The number of rotatable bonds is 0. The molecule has 0 fully saturated rings. The molecule has 9 heavy (non-hydrogen) atoms. The van der Waals surface area contributed by atoms with Crippen molar-refractivity contribution in [2.24, 2.45) is 0 Å². The Morgan fingerprint density at radius 2 is 1.11 bits per heavy atom. The second kappa shape index (κ2) is 32.5. The fourth-order valence-electron chi connectivity index (χ4n) is 0. The Kier molecular flexibility index (Phi) is 62.0. The van der Waals surface area contributed by atoms with Gasteiger partial charge in [0.2, 0.25) is 0 Å². The van der Waals surface area contributed by atoms with Crippen molar-refractivity contribution in [1.82, 2.24) is 0 Å². The molecule has 0 rings (SSSR count). The summed E-state index contributed by atoms with van der Waals surface area (Å²) in [5, 5.41) is 0. The predicted octanol–water partition coefficient (Wildman–Crippen LogP) is 2.48. The molecule has 0 unspecified atom stereocenters. The van der Waals surface area contributed by atoms with Gasteiger partial charge >= 0.3 is 35.0 Å². The molecule has 0 heterocycles. The average Bonchev–Trinajstić information content (AvgIpc) is 1.70. The molecule has 0 nitrogen and oxygen atoms in total. The Bertz CT molecular complexity index is 21.3. The Morgan fingerprint density at radius 3 is 1.11 bits per heavy atom. The van der Waals surface area contributed by atoms with Gasteiger partial charge in [0, 0.05) is 0 Å². The van der Waals surface area contributed by atoms with Crippen LogP contribution in [0.4, 0.5) is 0 Å². The van der Waals surface area contributed by atoms with Crippen molar-refractivity contribution in [3.63, 3.8) is 0 Å². The van der Waals surface area contributed by atoms with Gasteiger partial charge in [-0.3, -0.25) is 0 Å². The van der Waals surface area contributed by atoms with Crippen LogP contribution in [0.5, 0.6) is 0 Å². The van der Waals surface area contributed by atoms with E-state index in [1.54, 1.807) is 0 Å². The van der Waals surface area contributed by atoms with Gasteiger partial charge in [0.25, 0.3) is 0 Å². The topological polar surface area (TPSA) is 0 Å². The third-order valence-corrected chi connectivity index (χ3v) is 0. The Balaban J connectivity index is -0.0000000600. The van der Waals surface area contributed by atoms with Crippen molar-refractivity contribution < 1.29 is 15.9 Å². The van der Waals surface area contributed by atoms with Crippen molar-refractivity contribution in [3.05, 3.63) is 0 Å². The van der Waals surface area contributed by atoms with E-state index in [0.29, 0.717) is 0 Å². The van der Waals surface area contributed by atoms with E-state index in [1.807, 2.05) is 13.8 Å². The quantitative estimate of drug-likeness (QED) is 0.498. The van der Waals surface area contributed by atoms with Gasteiger partial charge in [-0.2, -0.15) is 11.5 Å². The van der Waals surface area contributed by atoms with Crippen LogP contribution in [0.15, 0.2) is 0 Å². The third kappa shape index (κ3) is 166. The number of hydrogen-bond acceptors (Lipinski definition) is 2. The fraction of sp³-hybridized carbons (Fsp3) is 1.00. The van der Waals surface area contributed by atoms with E-state index in [-0.39, 0.29) is 15.9 Å². The van der Waals surface area contributed by atoms with E-state index in [9.17, 15) is 0 Å². The van der Waals surface area contributed by atoms with E-state index >= 15 is 0 Å². The van der Waals surface area contributed by atoms with Crippen molar-refractivity contribution in [2.45, 2.75) is 13.8 Å². The SMILES string of the molecule is CC[S-].CC[S-].[Cl][Pd][Cl]. The Hall–Kier alpha value is 1.94. The standard InChI is InChI=1S/2C2H6S.2ClH.Pd/c2*1-2-3;;;/h2*3H,2H2,1H3;2*1H;/q;;;;+2/p-4. The van der Waals surface area contributed by atoms with Crippen LogP contribution in [0.25, 0.3) is 0 Å². The average molecular weight is 300 g/mol. The first-order valence-electron chi connectivity index (χ1n) is 2.23. The van der Waals surface area contributed by atoms with Crippen LogP contribution in [0.1, 0.15) is 13.8 Å². The van der Waals surface area contributed by atoms with Gasteiger partial charge < -0.3 is 25.3 Å². The summed E-state index contributed by atoms with van der Waals surface area (Å²) in [7, 11) is 9.63. The Morgan fingerprint density at radius 1 is 1.11 bits per heavy atom. The van der Waals surface area contributed by atoms with Crippen LogP contribution in [-0.4, -0.2) is 11.5 Å². The van der Waals surface area contributed by atoms with Crippen LogP contribution < -0.4 is 0 Å². The summed E-state index contributed by atoms with van der Waals surface area (Å²) in [6, 6.07) is 0. The third-order valence-electron chi connectivity index (χ3n) is 0. The van der Waals surface area contributed by atoms with Crippen LogP contribution in [0, 0.1) is 0 Å². The molecular formula is C4H10Cl2PdS2-2. The second-order valence-corrected chi connectivity index (χ2v) is 4.14. The summed E-state index contributed by atoms with van der Waals surface area (Å²) in [6.45, 7) is 3.88. The minimum absolute atomic E-state index is 0.106. The van der Waals surface area contributed by atoms with Crippen LogP contribution in [0.2, 0.25) is 0 Å². The second-order valence-electron chi connectivity index (χ2n) is 0.623. The summed E-state index contributed by atoms with van der Waals surface area (Å²) in [4.78, 5) is 0. The minimum atomic E-state index is -0.106. The summed E-state index contributed by atoms with van der Waals surface area (Å²) in [5.74, 6) is 1.67. The van der Waals surface area contributed by atoms with Gasteiger partial charge in [-0.1, -0.05) is 13.8 Å². The van der Waals surface area contributed by atoms with Crippen LogP contribution >= 0.6 is 19.1 Å². The molecule has 0 bridgehead atoms. The first-order chi connectivity index (χ1) is 4.24. The van der Waals surface area contributed by atoms with E-state index in [0.717, 1.165) is 11.5 Å². The Labute approximate surface area is 85.0 Å². The number of halogens is 2. The van der Waals surface area contributed by atoms with Gasteiger partial charge in [-0.05, 0) is 0 Å². The number of hydrogen-bond donors (Lipinski definition) is 0. The van der Waals surface area contributed by atoms with Gasteiger partial charge in [-0.15, -0.1) is 0 Å². The zero-order valence-electron chi connectivity index (χ0n) is 5.30. The molecule has 0 radical (unpaired) electrons. The van der Waals surface area contributed by atoms with E-state index < -0.39 is 0 Å². The van der Waals surface area contributed by atoms with Crippen molar-refractivity contribution in [3.8, 4) is 0 Å². The van der Waals surface area contributed by atoms with Crippen molar-refractivity contribution in [1.29, 1.82) is 0 Å². The molecule has 0 aromatic heterocycles. The van der Waals surface area contributed by atoms with Gasteiger partial charge in [0.15, 0.2) is 0 Å². The first-order valence-corrected chi connectivity index (χ1v) is 7.39.